The highest BCUT2D eigenvalue weighted by atomic mass is 16.7. The molecular weight excluding hydrogens is 628 g/mol. The van der Waals surface area contributed by atoms with Gasteiger partial charge in [-0.15, -0.1) is 0 Å². The minimum Gasteiger partial charge on any atom is -0.455 e. The molecule has 4 atom stereocenters. The number of benzene rings is 2. The van der Waals surface area contributed by atoms with E-state index in [0.717, 1.165) is 11.1 Å². The zero-order valence-electron chi connectivity index (χ0n) is 27.2. The molecule has 2 N–H and O–H groups in total. The van der Waals surface area contributed by atoms with Crippen LogP contribution in [-0.4, -0.2) is 99.6 Å². The van der Waals surface area contributed by atoms with Gasteiger partial charge in [0.1, 0.15) is 13.6 Å². The average Bonchev–Trinajstić information content (AvgIpc) is 3.78. The molecule has 258 valence electrons. The summed E-state index contributed by atoms with van der Waals surface area (Å²) in [6.45, 7) is 6.93. The van der Waals surface area contributed by atoms with Crippen molar-refractivity contribution in [1.29, 1.82) is 0 Å². The van der Waals surface area contributed by atoms with E-state index in [1.54, 1.807) is 48.5 Å². The van der Waals surface area contributed by atoms with E-state index in [2.05, 4.69) is 10.6 Å². The topological polar surface area (TPSA) is 182 Å². The van der Waals surface area contributed by atoms with Crippen LogP contribution in [0, 0.1) is 11.8 Å². The second-order valence-electron chi connectivity index (χ2n) is 12.1. The predicted octanol–water partition coefficient (Wildman–Crippen LogP) is 1.83. The summed E-state index contributed by atoms with van der Waals surface area (Å²) in [5, 5.41) is 5.37. The van der Waals surface area contributed by atoms with E-state index < -0.39 is 72.9 Å². The lowest BCUT2D eigenvalue weighted by molar-refractivity contribution is -0.155. The first-order valence-corrected chi connectivity index (χ1v) is 15.6. The number of carbonyl (C=O) groups excluding carboxylic acids is 6. The van der Waals surface area contributed by atoms with E-state index in [1.165, 1.54) is 0 Å². The first-order valence-electron chi connectivity index (χ1n) is 15.6. The fourth-order valence-electron chi connectivity index (χ4n) is 4.64. The minimum absolute atomic E-state index is 0.206. The number of rotatable bonds is 15. The monoisotopic (exact) mass is 668 g/mol. The maximum atomic E-state index is 12.7. The van der Waals surface area contributed by atoms with Gasteiger partial charge in [-0.3, -0.25) is 19.2 Å². The highest BCUT2D eigenvalue weighted by Crippen LogP contribution is 2.22. The highest BCUT2D eigenvalue weighted by Gasteiger charge is 2.43. The summed E-state index contributed by atoms with van der Waals surface area (Å²) in [6.07, 6.45) is -4.87. The normalized spacial score (nSPS) is 20.4. The molecule has 14 nitrogen and oxygen atoms in total. The lowest BCUT2D eigenvalue weighted by atomic mass is 10.0. The molecule has 0 bridgehead atoms. The van der Waals surface area contributed by atoms with Crippen molar-refractivity contribution in [2.75, 3.05) is 39.9 Å². The van der Waals surface area contributed by atoms with Crippen molar-refractivity contribution in [2.45, 2.75) is 52.1 Å². The molecule has 2 aromatic carbocycles. The molecule has 4 rings (SSSR count). The molecule has 2 aliphatic rings. The summed E-state index contributed by atoms with van der Waals surface area (Å²) in [5.74, 6) is -3.23. The van der Waals surface area contributed by atoms with Gasteiger partial charge in [-0.2, -0.15) is 0 Å². The van der Waals surface area contributed by atoms with Gasteiger partial charge in [0.05, 0.1) is 0 Å². The number of amides is 2. The van der Waals surface area contributed by atoms with Crippen LogP contribution in [0.25, 0.3) is 11.1 Å². The third-order valence-corrected chi connectivity index (χ3v) is 7.33. The van der Waals surface area contributed by atoms with E-state index in [9.17, 15) is 28.8 Å². The summed E-state index contributed by atoms with van der Waals surface area (Å²) in [5.41, 5.74) is 2.10. The van der Waals surface area contributed by atoms with Gasteiger partial charge in [-0.1, -0.05) is 76.2 Å². The first kappa shape index (κ1) is 36.3. The van der Waals surface area contributed by atoms with Crippen LogP contribution in [0.5, 0.6) is 0 Å². The van der Waals surface area contributed by atoms with Gasteiger partial charge < -0.3 is 39.1 Å². The molecule has 0 radical (unpaired) electrons. The van der Waals surface area contributed by atoms with Crippen molar-refractivity contribution in [3.63, 3.8) is 0 Å². The third-order valence-electron chi connectivity index (χ3n) is 7.33. The number of carbonyl (C=O) groups is 6. The number of hydrogen-bond acceptors (Lipinski definition) is 12. The summed E-state index contributed by atoms with van der Waals surface area (Å²) in [4.78, 5) is 75.1. The average molecular weight is 669 g/mol. The molecule has 48 heavy (non-hydrogen) atoms. The predicted molar refractivity (Wildman–Crippen MR) is 167 cm³/mol. The van der Waals surface area contributed by atoms with E-state index in [1.807, 2.05) is 27.7 Å². The van der Waals surface area contributed by atoms with Gasteiger partial charge in [0.2, 0.25) is 0 Å². The summed E-state index contributed by atoms with van der Waals surface area (Å²) >= 11 is 0. The second kappa shape index (κ2) is 17.1. The fraction of sp³-hybridized carbons (Fsp3) is 0.471. The van der Waals surface area contributed by atoms with Crippen molar-refractivity contribution < 1.29 is 57.2 Å². The van der Waals surface area contributed by atoms with Gasteiger partial charge in [0.15, 0.2) is 49.2 Å². The van der Waals surface area contributed by atoms with E-state index in [4.69, 9.17) is 28.4 Å². The third kappa shape index (κ3) is 9.76. The maximum Gasteiger partial charge on any atom is 0.339 e. The molecule has 2 amide bonds. The Hall–Kier alpha value is -4.50. The Morgan fingerprint density at radius 1 is 0.583 bits per heavy atom. The quantitative estimate of drug-likeness (QED) is 0.208. The van der Waals surface area contributed by atoms with Crippen LogP contribution in [0.1, 0.15) is 48.4 Å². The summed E-state index contributed by atoms with van der Waals surface area (Å²) in [7, 11) is 0. The molecule has 2 fully saturated rings. The standard InChI is InChI=1S/C34H40N2O12/c1-19(2)13-35-31(39)27-29(47-17-45-27)33(41)43-15-25(37)23-9-5-21(6-10-23)22-7-11-24(12-8-22)26(38)16-44-34(42)30-28(46-18-48-30)32(40)36-14-20(3)4/h5-12,19-20,27-30H,13-18H2,1-4H3,(H,35,39)(H,36,40)/t27-,28-,29-,30-/m1/s1. The molecule has 2 heterocycles. The van der Waals surface area contributed by atoms with E-state index >= 15 is 0 Å². The Bertz CT molecular complexity index is 1360. The number of ether oxygens (including phenoxy) is 6. The summed E-state index contributed by atoms with van der Waals surface area (Å²) < 4.78 is 31.2. The lowest BCUT2D eigenvalue weighted by Gasteiger charge is -2.16. The van der Waals surface area contributed by atoms with Crippen molar-refractivity contribution in [2.24, 2.45) is 11.8 Å². The summed E-state index contributed by atoms with van der Waals surface area (Å²) in [6, 6.07) is 13.1. The van der Waals surface area contributed by atoms with Crippen LogP contribution in [-0.2, 0) is 47.6 Å². The van der Waals surface area contributed by atoms with Crippen LogP contribution in [0.15, 0.2) is 48.5 Å². The molecule has 0 unspecified atom stereocenters. The highest BCUT2D eigenvalue weighted by molar-refractivity contribution is 6.00. The Balaban J connectivity index is 1.24. The van der Waals surface area contributed by atoms with Gasteiger partial charge >= 0.3 is 11.9 Å². The van der Waals surface area contributed by atoms with Gasteiger partial charge in [0.25, 0.3) is 11.8 Å². The molecule has 2 saturated heterocycles. The van der Waals surface area contributed by atoms with Crippen LogP contribution in [0.3, 0.4) is 0 Å². The number of esters is 2. The molecule has 2 aromatic rings. The molecule has 14 heteroatoms. The second-order valence-corrected chi connectivity index (χ2v) is 12.1. The maximum absolute atomic E-state index is 12.7. The van der Waals surface area contributed by atoms with Crippen molar-refractivity contribution in [1.82, 2.24) is 10.6 Å². The van der Waals surface area contributed by atoms with Crippen molar-refractivity contribution in [3.05, 3.63) is 59.7 Å². The first-order chi connectivity index (χ1) is 22.9. The molecular formula is C34H40N2O12. The largest absolute Gasteiger partial charge is 0.455 e. The van der Waals surface area contributed by atoms with E-state index in [-0.39, 0.29) is 25.4 Å². The molecule has 0 saturated carbocycles. The van der Waals surface area contributed by atoms with Crippen LogP contribution in [0.2, 0.25) is 0 Å². The van der Waals surface area contributed by atoms with Crippen molar-refractivity contribution >= 4 is 35.3 Å². The molecule has 0 spiro atoms. The Kier molecular flexibility index (Phi) is 12.9. The van der Waals surface area contributed by atoms with Gasteiger partial charge in [-0.25, -0.2) is 9.59 Å². The van der Waals surface area contributed by atoms with Gasteiger partial charge in [0, 0.05) is 24.2 Å². The Morgan fingerprint density at radius 3 is 1.25 bits per heavy atom. The zero-order chi connectivity index (χ0) is 34.8. The number of ketones is 2. The lowest BCUT2D eigenvalue weighted by Crippen LogP contribution is -2.45. The van der Waals surface area contributed by atoms with E-state index in [0.29, 0.717) is 24.2 Å². The Morgan fingerprint density at radius 2 is 0.917 bits per heavy atom. The zero-order valence-corrected chi connectivity index (χ0v) is 27.2. The van der Waals surface area contributed by atoms with Crippen LogP contribution in [0.4, 0.5) is 0 Å². The Labute approximate surface area is 277 Å². The van der Waals surface area contributed by atoms with Crippen LogP contribution < -0.4 is 10.6 Å². The smallest absolute Gasteiger partial charge is 0.339 e. The minimum atomic E-state index is -1.27. The number of hydrogen-bond donors (Lipinski definition) is 2. The molecule has 0 aliphatic carbocycles. The SMILES string of the molecule is CC(C)CNC(=O)[C@@H]1OCO[C@H]1C(=O)OCC(=O)c1ccc(-c2ccc(C(=O)COC(=O)[C@@H]3OCO[C@H]3C(=O)NCC(C)C)cc2)cc1. The fourth-order valence-corrected chi connectivity index (χ4v) is 4.64. The molecule has 2 aliphatic heterocycles. The number of Topliss-reactive ketones (excluding diaryl/α,β-unsaturated/α-hetero) is 2. The van der Waals surface area contributed by atoms with Gasteiger partial charge in [-0.05, 0) is 23.0 Å². The van der Waals surface area contributed by atoms with Crippen molar-refractivity contribution in [3.8, 4) is 11.1 Å². The number of nitrogens with one attached hydrogen (secondary N) is 2. The van der Waals surface area contributed by atoms with Crippen LogP contribution >= 0.6 is 0 Å². The molecule has 0 aromatic heterocycles.